The Kier molecular flexibility index (Phi) is 3.51. The average molecular weight is 257 g/mol. The molecular formula is C10H15N3OS2. The molecule has 1 atom stereocenters. The number of nitrogens with one attached hydrogen (secondary N) is 2. The number of thioether (sulfide) groups is 1. The van der Waals surface area contributed by atoms with Crippen molar-refractivity contribution in [2.45, 2.75) is 25.4 Å². The van der Waals surface area contributed by atoms with Crippen molar-refractivity contribution in [3.63, 3.8) is 0 Å². The van der Waals surface area contributed by atoms with Gasteiger partial charge in [0.25, 0.3) is 0 Å². The Morgan fingerprint density at radius 3 is 3.06 bits per heavy atom. The van der Waals surface area contributed by atoms with Crippen molar-refractivity contribution in [1.29, 1.82) is 0 Å². The zero-order chi connectivity index (χ0) is 11.6. The molecule has 1 unspecified atom stereocenters. The summed E-state index contributed by atoms with van der Waals surface area (Å²) in [5.74, 6) is 1.76. The van der Waals surface area contributed by atoms with Gasteiger partial charge in [0.1, 0.15) is 5.01 Å². The first-order valence-corrected chi connectivity index (χ1v) is 7.16. The van der Waals surface area contributed by atoms with Gasteiger partial charge in [0.05, 0.1) is 11.6 Å². The van der Waals surface area contributed by atoms with Crippen LogP contribution in [0.4, 0.5) is 0 Å². The standard InChI is InChI=1S/C10H15N3OS2/c1-10(2,9-11-3-4-16-9)13-8(14)7-5-15-6-12-7/h3-4,7,12H,5-6H2,1-2H3,(H,13,14). The van der Waals surface area contributed by atoms with Crippen LogP contribution >= 0.6 is 23.1 Å². The van der Waals surface area contributed by atoms with Crippen molar-refractivity contribution in [1.82, 2.24) is 15.6 Å². The van der Waals surface area contributed by atoms with Crippen LogP contribution in [0.2, 0.25) is 0 Å². The number of nitrogens with zero attached hydrogens (tertiary/aromatic N) is 1. The van der Waals surface area contributed by atoms with E-state index in [0.29, 0.717) is 0 Å². The minimum Gasteiger partial charge on any atom is -0.343 e. The molecule has 0 saturated carbocycles. The SMILES string of the molecule is CC(C)(NC(=O)C1CSCN1)c1nccs1. The van der Waals surface area contributed by atoms with Gasteiger partial charge in [-0.1, -0.05) is 0 Å². The summed E-state index contributed by atoms with van der Waals surface area (Å²) >= 11 is 3.31. The van der Waals surface area contributed by atoms with E-state index in [4.69, 9.17) is 0 Å². The summed E-state index contributed by atoms with van der Waals surface area (Å²) in [6.45, 7) is 3.96. The Morgan fingerprint density at radius 1 is 1.69 bits per heavy atom. The summed E-state index contributed by atoms with van der Waals surface area (Å²) in [5.41, 5.74) is -0.389. The van der Waals surface area contributed by atoms with Gasteiger partial charge in [-0.15, -0.1) is 23.1 Å². The third-order valence-electron chi connectivity index (χ3n) is 2.44. The fraction of sp³-hybridized carbons (Fsp3) is 0.600. The number of carbonyl (C=O) groups is 1. The van der Waals surface area contributed by atoms with Gasteiger partial charge in [-0.3, -0.25) is 10.1 Å². The third kappa shape index (κ3) is 2.56. The normalized spacial score (nSPS) is 21.0. The van der Waals surface area contributed by atoms with Gasteiger partial charge in [-0.25, -0.2) is 4.98 Å². The summed E-state index contributed by atoms with van der Waals surface area (Å²) in [4.78, 5) is 16.2. The minimum atomic E-state index is -0.389. The molecule has 88 valence electrons. The van der Waals surface area contributed by atoms with Gasteiger partial charge in [-0.2, -0.15) is 0 Å². The lowest BCUT2D eigenvalue weighted by molar-refractivity contribution is -0.124. The molecule has 1 fully saturated rings. The fourth-order valence-corrected chi connectivity index (χ4v) is 3.20. The van der Waals surface area contributed by atoms with Crippen LogP contribution in [-0.2, 0) is 10.3 Å². The first-order valence-electron chi connectivity index (χ1n) is 5.13. The molecule has 0 radical (unpaired) electrons. The monoisotopic (exact) mass is 257 g/mol. The van der Waals surface area contributed by atoms with Crippen LogP contribution in [-0.4, -0.2) is 28.6 Å². The topological polar surface area (TPSA) is 54.0 Å². The Balaban J connectivity index is 2.00. The second kappa shape index (κ2) is 4.73. The van der Waals surface area contributed by atoms with Crippen molar-refractivity contribution in [2.24, 2.45) is 0 Å². The number of hydrogen-bond acceptors (Lipinski definition) is 5. The zero-order valence-corrected chi connectivity index (χ0v) is 11.0. The molecule has 1 aliphatic heterocycles. The molecule has 0 aliphatic carbocycles. The van der Waals surface area contributed by atoms with Gasteiger partial charge in [0, 0.05) is 23.2 Å². The number of amides is 1. The summed E-state index contributed by atoms with van der Waals surface area (Å²) in [6, 6.07) is -0.0655. The lowest BCUT2D eigenvalue weighted by Gasteiger charge is -2.25. The molecule has 0 aromatic carbocycles. The van der Waals surface area contributed by atoms with Crippen LogP contribution in [0, 0.1) is 0 Å². The van der Waals surface area contributed by atoms with Gasteiger partial charge in [0.15, 0.2) is 0 Å². The van der Waals surface area contributed by atoms with Crippen LogP contribution in [0.5, 0.6) is 0 Å². The summed E-state index contributed by atoms with van der Waals surface area (Å²) in [5, 5.41) is 9.05. The van der Waals surface area contributed by atoms with E-state index < -0.39 is 0 Å². The second-order valence-corrected chi connectivity index (χ2v) is 6.15. The number of rotatable bonds is 3. The predicted octanol–water partition coefficient (Wildman–Crippen LogP) is 1.16. The Labute approximate surface area is 103 Å². The quantitative estimate of drug-likeness (QED) is 0.853. The number of thiazole rings is 1. The first kappa shape index (κ1) is 11.9. The average Bonchev–Trinajstić information content (AvgIpc) is 2.91. The molecule has 0 spiro atoms. The zero-order valence-electron chi connectivity index (χ0n) is 9.32. The molecule has 2 rings (SSSR count). The highest BCUT2D eigenvalue weighted by Gasteiger charge is 2.30. The van der Waals surface area contributed by atoms with E-state index >= 15 is 0 Å². The molecule has 16 heavy (non-hydrogen) atoms. The van der Waals surface area contributed by atoms with Crippen LogP contribution in [0.1, 0.15) is 18.9 Å². The number of aromatic nitrogens is 1. The van der Waals surface area contributed by atoms with Gasteiger partial charge in [-0.05, 0) is 13.8 Å². The summed E-state index contributed by atoms with van der Waals surface area (Å²) in [6.07, 6.45) is 1.76. The van der Waals surface area contributed by atoms with Crippen LogP contribution in [0.3, 0.4) is 0 Å². The first-order chi connectivity index (χ1) is 7.59. The highest BCUT2D eigenvalue weighted by atomic mass is 32.2. The van der Waals surface area contributed by atoms with Crippen LogP contribution in [0.25, 0.3) is 0 Å². The Morgan fingerprint density at radius 2 is 2.50 bits per heavy atom. The lowest BCUT2D eigenvalue weighted by Crippen LogP contribution is -2.49. The van der Waals surface area contributed by atoms with E-state index in [2.05, 4.69) is 15.6 Å². The summed E-state index contributed by atoms with van der Waals surface area (Å²) < 4.78 is 0. The maximum absolute atomic E-state index is 11.9. The second-order valence-electron chi connectivity index (χ2n) is 4.22. The molecule has 6 heteroatoms. The van der Waals surface area contributed by atoms with Crippen LogP contribution in [0.15, 0.2) is 11.6 Å². The Hall–Kier alpha value is -0.590. The molecule has 1 saturated heterocycles. The van der Waals surface area contributed by atoms with Crippen molar-refractivity contribution in [3.8, 4) is 0 Å². The smallest absolute Gasteiger partial charge is 0.238 e. The molecule has 1 aromatic rings. The number of carbonyl (C=O) groups excluding carboxylic acids is 1. The Bertz CT molecular complexity index is 358. The van der Waals surface area contributed by atoms with E-state index in [1.54, 1.807) is 29.3 Å². The third-order valence-corrected chi connectivity index (χ3v) is 4.47. The van der Waals surface area contributed by atoms with Crippen molar-refractivity contribution >= 4 is 29.0 Å². The molecule has 0 bridgehead atoms. The molecular weight excluding hydrogens is 242 g/mol. The van der Waals surface area contributed by atoms with E-state index in [9.17, 15) is 4.79 Å². The maximum atomic E-state index is 11.9. The van der Waals surface area contributed by atoms with E-state index in [1.807, 2.05) is 19.2 Å². The molecule has 1 aromatic heterocycles. The summed E-state index contributed by atoms with van der Waals surface area (Å²) in [7, 11) is 0. The minimum absolute atomic E-state index is 0.0604. The highest BCUT2D eigenvalue weighted by Crippen LogP contribution is 2.22. The largest absolute Gasteiger partial charge is 0.343 e. The lowest BCUT2D eigenvalue weighted by atomic mass is 10.1. The molecule has 2 heterocycles. The van der Waals surface area contributed by atoms with Crippen LogP contribution < -0.4 is 10.6 Å². The molecule has 1 amide bonds. The van der Waals surface area contributed by atoms with E-state index in [0.717, 1.165) is 16.6 Å². The molecule has 2 N–H and O–H groups in total. The van der Waals surface area contributed by atoms with Crippen molar-refractivity contribution in [2.75, 3.05) is 11.6 Å². The molecule has 4 nitrogen and oxygen atoms in total. The molecule has 1 aliphatic rings. The predicted molar refractivity (Wildman–Crippen MR) is 67.5 cm³/mol. The van der Waals surface area contributed by atoms with E-state index in [1.165, 1.54) is 0 Å². The maximum Gasteiger partial charge on any atom is 0.238 e. The van der Waals surface area contributed by atoms with Gasteiger partial charge < -0.3 is 5.32 Å². The fourth-order valence-electron chi connectivity index (χ4n) is 1.54. The van der Waals surface area contributed by atoms with E-state index in [-0.39, 0.29) is 17.5 Å². The number of hydrogen-bond donors (Lipinski definition) is 2. The highest BCUT2D eigenvalue weighted by molar-refractivity contribution is 7.99. The van der Waals surface area contributed by atoms with Gasteiger partial charge in [0.2, 0.25) is 5.91 Å². The van der Waals surface area contributed by atoms with Gasteiger partial charge >= 0.3 is 0 Å². The van der Waals surface area contributed by atoms with Crippen molar-refractivity contribution < 1.29 is 4.79 Å². The van der Waals surface area contributed by atoms with Crippen molar-refractivity contribution in [3.05, 3.63) is 16.6 Å².